The number of fused-ring (bicyclic) bond motifs is 1. The molecule has 2 rings (SSSR count). The molecule has 0 unspecified atom stereocenters. The van der Waals surface area contributed by atoms with Crippen LogP contribution >= 0.6 is 11.3 Å². The topological polar surface area (TPSA) is 85.1 Å². The summed E-state index contributed by atoms with van der Waals surface area (Å²) >= 11 is 1.50. The normalized spacial score (nSPS) is 12.6. The van der Waals surface area contributed by atoms with Crippen molar-refractivity contribution in [3.05, 3.63) is 28.6 Å². The predicted molar refractivity (Wildman–Crippen MR) is 81.3 cm³/mol. The molecule has 5 heteroatoms. The second kappa shape index (κ2) is 5.59. The average Bonchev–Trinajstić information content (AvgIpc) is 2.84. The average molecular weight is 277 g/mol. The zero-order valence-corrected chi connectivity index (χ0v) is 12.0. The molecule has 1 heterocycles. The molecule has 4 nitrogen and oxygen atoms in total. The number of nitrogens with two attached hydrogens (primary N) is 2. The van der Waals surface area contributed by atoms with Crippen molar-refractivity contribution in [1.82, 2.24) is 0 Å². The van der Waals surface area contributed by atoms with Gasteiger partial charge in [0.05, 0.1) is 16.7 Å². The van der Waals surface area contributed by atoms with Crippen molar-refractivity contribution in [3.8, 4) is 5.75 Å². The van der Waals surface area contributed by atoms with Crippen LogP contribution in [0.3, 0.4) is 0 Å². The Kier molecular flexibility index (Phi) is 4.07. The van der Waals surface area contributed by atoms with Gasteiger partial charge in [-0.3, -0.25) is 5.41 Å². The third kappa shape index (κ3) is 2.72. The van der Waals surface area contributed by atoms with Crippen molar-refractivity contribution in [1.29, 1.82) is 5.41 Å². The molecule has 0 aliphatic heterocycles. The standard InChI is InChI=1S/C14H19N3OS/c1-8(7-15)5-9-3-4-11(18-2)13-10(9)6-12(19-13)14(16)17/h3-4,6,8H,5,7,15H2,1-2H3,(H3,16,17)/t8-/m0/s1. The first-order valence-corrected chi connectivity index (χ1v) is 7.02. The molecule has 1 aromatic heterocycles. The van der Waals surface area contributed by atoms with Crippen LogP contribution in [0.25, 0.3) is 10.1 Å². The van der Waals surface area contributed by atoms with Gasteiger partial charge < -0.3 is 16.2 Å². The number of hydrogen-bond donors (Lipinski definition) is 3. The van der Waals surface area contributed by atoms with Crippen molar-refractivity contribution in [3.63, 3.8) is 0 Å². The number of methoxy groups -OCH3 is 1. The Morgan fingerprint density at radius 1 is 1.47 bits per heavy atom. The summed E-state index contributed by atoms with van der Waals surface area (Å²) in [4.78, 5) is 0.779. The van der Waals surface area contributed by atoms with Gasteiger partial charge in [0.15, 0.2) is 0 Å². The summed E-state index contributed by atoms with van der Waals surface area (Å²) in [5.74, 6) is 1.36. The Bertz CT molecular complexity index is 606. The van der Waals surface area contributed by atoms with Gasteiger partial charge in [-0.25, -0.2) is 0 Å². The Hall–Kier alpha value is -1.59. The monoisotopic (exact) mass is 277 g/mol. The first-order valence-electron chi connectivity index (χ1n) is 6.20. The molecule has 0 aliphatic carbocycles. The van der Waals surface area contributed by atoms with E-state index in [0.29, 0.717) is 12.5 Å². The van der Waals surface area contributed by atoms with Crippen LogP contribution in [0, 0.1) is 11.3 Å². The molecule has 2 aromatic rings. The first-order chi connectivity index (χ1) is 9.06. The Labute approximate surface area is 116 Å². The molecule has 0 spiro atoms. The number of hydrogen-bond acceptors (Lipinski definition) is 4. The van der Waals surface area contributed by atoms with Crippen molar-refractivity contribution in [2.45, 2.75) is 13.3 Å². The van der Waals surface area contributed by atoms with E-state index in [2.05, 4.69) is 13.0 Å². The molecular weight excluding hydrogens is 258 g/mol. The summed E-state index contributed by atoms with van der Waals surface area (Å²) < 4.78 is 6.43. The summed E-state index contributed by atoms with van der Waals surface area (Å²) in [5, 5.41) is 8.69. The molecule has 0 amide bonds. The minimum atomic E-state index is 0.0982. The molecule has 5 N–H and O–H groups in total. The van der Waals surface area contributed by atoms with E-state index in [4.69, 9.17) is 21.6 Å². The molecule has 19 heavy (non-hydrogen) atoms. The molecule has 1 aromatic carbocycles. The predicted octanol–water partition coefficient (Wildman–Crippen LogP) is 2.33. The fourth-order valence-corrected chi connectivity index (χ4v) is 3.14. The van der Waals surface area contributed by atoms with E-state index in [1.807, 2.05) is 12.1 Å². The van der Waals surface area contributed by atoms with E-state index in [0.717, 1.165) is 27.1 Å². The summed E-state index contributed by atoms with van der Waals surface area (Å²) in [7, 11) is 1.66. The Balaban J connectivity index is 2.56. The lowest BCUT2D eigenvalue weighted by atomic mass is 9.98. The van der Waals surface area contributed by atoms with Crippen LogP contribution in [0.5, 0.6) is 5.75 Å². The highest BCUT2D eigenvalue weighted by Crippen LogP contribution is 2.36. The number of thiophene rings is 1. The molecule has 0 aliphatic rings. The maximum absolute atomic E-state index is 7.57. The van der Waals surface area contributed by atoms with Crippen LogP contribution in [0.1, 0.15) is 17.4 Å². The maximum Gasteiger partial charge on any atom is 0.136 e. The van der Waals surface area contributed by atoms with E-state index in [-0.39, 0.29) is 5.84 Å². The van der Waals surface area contributed by atoms with Crippen LogP contribution < -0.4 is 16.2 Å². The molecule has 0 radical (unpaired) electrons. The number of ether oxygens (including phenoxy) is 1. The molecule has 0 saturated carbocycles. The van der Waals surface area contributed by atoms with Crippen LogP contribution in [-0.2, 0) is 6.42 Å². The summed E-state index contributed by atoms with van der Waals surface area (Å²) in [5.41, 5.74) is 12.5. The number of nitrogens with one attached hydrogen (secondary N) is 1. The highest BCUT2D eigenvalue weighted by Gasteiger charge is 2.13. The fourth-order valence-electron chi connectivity index (χ4n) is 2.08. The van der Waals surface area contributed by atoms with Crippen molar-refractivity contribution >= 4 is 27.3 Å². The number of rotatable bonds is 5. The van der Waals surface area contributed by atoms with Gasteiger partial charge in [0.25, 0.3) is 0 Å². The molecule has 0 saturated heterocycles. The quantitative estimate of drug-likeness (QED) is 0.579. The summed E-state index contributed by atoms with van der Waals surface area (Å²) in [6.07, 6.45) is 0.922. The zero-order chi connectivity index (χ0) is 14.0. The van der Waals surface area contributed by atoms with Crippen LogP contribution in [0.15, 0.2) is 18.2 Å². The van der Waals surface area contributed by atoms with Gasteiger partial charge >= 0.3 is 0 Å². The van der Waals surface area contributed by atoms with Gasteiger partial charge in [-0.15, -0.1) is 11.3 Å². The fraction of sp³-hybridized carbons (Fsp3) is 0.357. The SMILES string of the molecule is COc1ccc(C[C@H](C)CN)c2cc(C(=N)N)sc12. The van der Waals surface area contributed by atoms with Gasteiger partial charge in [-0.05, 0) is 36.6 Å². The molecule has 1 atom stereocenters. The lowest BCUT2D eigenvalue weighted by Crippen LogP contribution is -2.13. The van der Waals surface area contributed by atoms with E-state index < -0.39 is 0 Å². The van der Waals surface area contributed by atoms with E-state index >= 15 is 0 Å². The highest BCUT2D eigenvalue weighted by molar-refractivity contribution is 7.21. The van der Waals surface area contributed by atoms with Gasteiger partial charge in [-0.1, -0.05) is 13.0 Å². The lowest BCUT2D eigenvalue weighted by molar-refractivity contribution is 0.420. The lowest BCUT2D eigenvalue weighted by Gasteiger charge is -2.11. The van der Waals surface area contributed by atoms with Gasteiger partial charge in [-0.2, -0.15) is 0 Å². The Morgan fingerprint density at radius 3 is 2.79 bits per heavy atom. The minimum Gasteiger partial charge on any atom is -0.495 e. The van der Waals surface area contributed by atoms with E-state index in [1.165, 1.54) is 16.9 Å². The Morgan fingerprint density at radius 2 is 2.21 bits per heavy atom. The van der Waals surface area contributed by atoms with Gasteiger partial charge in [0.1, 0.15) is 11.6 Å². The summed E-state index contributed by atoms with van der Waals surface area (Å²) in [6, 6.07) is 6.02. The van der Waals surface area contributed by atoms with Crippen LogP contribution in [-0.4, -0.2) is 19.5 Å². The van der Waals surface area contributed by atoms with Crippen molar-refractivity contribution in [2.24, 2.45) is 17.4 Å². The molecule has 102 valence electrons. The zero-order valence-electron chi connectivity index (χ0n) is 11.2. The third-order valence-corrected chi connectivity index (χ3v) is 4.38. The molecule has 0 bridgehead atoms. The van der Waals surface area contributed by atoms with Gasteiger partial charge in [0.2, 0.25) is 0 Å². The van der Waals surface area contributed by atoms with Crippen molar-refractivity contribution < 1.29 is 4.74 Å². The molecule has 0 fully saturated rings. The second-order valence-electron chi connectivity index (χ2n) is 4.74. The number of nitrogen functional groups attached to an aromatic ring is 1. The van der Waals surface area contributed by atoms with Crippen LogP contribution in [0.4, 0.5) is 0 Å². The maximum atomic E-state index is 7.57. The van der Waals surface area contributed by atoms with Gasteiger partial charge in [0, 0.05) is 5.39 Å². The molecular formula is C14H19N3OS. The van der Waals surface area contributed by atoms with Crippen LogP contribution in [0.2, 0.25) is 0 Å². The highest BCUT2D eigenvalue weighted by atomic mass is 32.1. The smallest absolute Gasteiger partial charge is 0.136 e. The summed E-state index contributed by atoms with van der Waals surface area (Å²) in [6.45, 7) is 2.80. The third-order valence-electron chi connectivity index (χ3n) is 3.19. The second-order valence-corrected chi connectivity index (χ2v) is 5.79. The van der Waals surface area contributed by atoms with Crippen molar-refractivity contribution in [2.75, 3.05) is 13.7 Å². The number of benzene rings is 1. The first kappa shape index (κ1) is 13.8. The van der Waals surface area contributed by atoms with E-state index in [9.17, 15) is 0 Å². The van der Waals surface area contributed by atoms with E-state index in [1.54, 1.807) is 7.11 Å². The minimum absolute atomic E-state index is 0.0982. The number of amidine groups is 1. The largest absolute Gasteiger partial charge is 0.495 e.